The summed E-state index contributed by atoms with van der Waals surface area (Å²) < 4.78 is 43.5. The first kappa shape index (κ1) is 11.2. The third-order valence-corrected chi connectivity index (χ3v) is 1.99. The molecule has 1 aromatic heterocycles. The minimum Gasteiger partial charge on any atom is -0.476 e. The van der Waals surface area contributed by atoms with Crippen LogP contribution in [0.15, 0.2) is 22.8 Å². The smallest absolute Gasteiger partial charge is 0.357 e. The molecule has 0 spiro atoms. The molecule has 0 radical (unpaired) electrons. The molecule has 17 heavy (non-hydrogen) atoms. The molecular formula is C10H4F3NO3. The van der Waals surface area contributed by atoms with Gasteiger partial charge in [-0.1, -0.05) is 0 Å². The van der Waals surface area contributed by atoms with Crippen molar-refractivity contribution in [2.45, 2.75) is 0 Å². The molecule has 0 aliphatic heterocycles. The molecule has 0 amide bonds. The van der Waals surface area contributed by atoms with E-state index in [1.807, 2.05) is 0 Å². The Hall–Kier alpha value is -2.31. The minimum atomic E-state index is -1.67. The highest BCUT2D eigenvalue weighted by molar-refractivity contribution is 5.85. The molecule has 88 valence electrons. The third-order valence-electron chi connectivity index (χ3n) is 1.99. The van der Waals surface area contributed by atoms with Crippen molar-refractivity contribution in [2.75, 3.05) is 0 Å². The van der Waals surface area contributed by atoms with E-state index >= 15 is 0 Å². The monoisotopic (exact) mass is 243 g/mol. The Kier molecular flexibility index (Phi) is 2.58. The largest absolute Gasteiger partial charge is 0.476 e. The Morgan fingerprint density at radius 3 is 2.53 bits per heavy atom. The topological polar surface area (TPSA) is 63.3 Å². The summed E-state index contributed by atoms with van der Waals surface area (Å²) in [4.78, 5) is 13.9. The lowest BCUT2D eigenvalue weighted by Gasteiger charge is -1.99. The van der Waals surface area contributed by atoms with E-state index in [2.05, 4.69) is 9.40 Å². The molecule has 0 bridgehead atoms. The van der Waals surface area contributed by atoms with Crippen molar-refractivity contribution in [3.05, 3.63) is 41.5 Å². The highest BCUT2D eigenvalue weighted by Gasteiger charge is 2.19. The highest BCUT2D eigenvalue weighted by Crippen LogP contribution is 2.25. The summed E-state index contributed by atoms with van der Waals surface area (Å²) in [6, 6.07) is 1.60. The molecule has 2 rings (SSSR count). The van der Waals surface area contributed by atoms with Crippen molar-refractivity contribution in [3.8, 4) is 11.5 Å². The van der Waals surface area contributed by atoms with Gasteiger partial charge in [-0.2, -0.15) is 0 Å². The molecule has 0 saturated heterocycles. The summed E-state index contributed by atoms with van der Waals surface area (Å²) in [5.41, 5.74) is -0.902. The number of nitrogens with zero attached hydrogens (tertiary/aromatic N) is 1. The Bertz CT molecular complexity index is 594. The van der Waals surface area contributed by atoms with Gasteiger partial charge < -0.3 is 9.52 Å². The summed E-state index contributed by atoms with van der Waals surface area (Å²) in [5.74, 6) is -6.31. The van der Waals surface area contributed by atoms with Crippen molar-refractivity contribution in [3.63, 3.8) is 0 Å². The van der Waals surface area contributed by atoms with Gasteiger partial charge in [0.1, 0.15) is 6.26 Å². The zero-order valence-electron chi connectivity index (χ0n) is 8.08. The molecule has 4 nitrogen and oxygen atoms in total. The van der Waals surface area contributed by atoms with Gasteiger partial charge in [-0.05, 0) is 12.1 Å². The zero-order valence-corrected chi connectivity index (χ0v) is 8.08. The molecule has 1 N–H and O–H groups in total. The average molecular weight is 243 g/mol. The Morgan fingerprint density at radius 2 is 1.94 bits per heavy atom. The first-order valence-corrected chi connectivity index (χ1v) is 4.33. The molecule has 0 unspecified atom stereocenters. The van der Waals surface area contributed by atoms with E-state index in [1.54, 1.807) is 0 Å². The fraction of sp³-hybridized carbons (Fsp3) is 0. The normalized spacial score (nSPS) is 10.5. The van der Waals surface area contributed by atoms with Gasteiger partial charge in [-0.3, -0.25) is 0 Å². The first-order chi connectivity index (χ1) is 8.00. The van der Waals surface area contributed by atoms with Gasteiger partial charge in [-0.15, -0.1) is 0 Å². The maximum Gasteiger partial charge on any atom is 0.357 e. The summed E-state index contributed by atoms with van der Waals surface area (Å²) in [5, 5.41) is 8.56. The lowest BCUT2D eigenvalue weighted by atomic mass is 10.2. The second-order valence-electron chi connectivity index (χ2n) is 3.07. The van der Waals surface area contributed by atoms with Crippen LogP contribution in [0.1, 0.15) is 10.5 Å². The lowest BCUT2D eigenvalue weighted by molar-refractivity contribution is 0.0690. The van der Waals surface area contributed by atoms with Crippen molar-refractivity contribution >= 4 is 5.97 Å². The molecule has 1 heterocycles. The van der Waals surface area contributed by atoms with E-state index in [0.717, 1.165) is 12.3 Å². The Balaban J connectivity index is 2.53. The maximum absolute atomic E-state index is 13.3. The van der Waals surface area contributed by atoms with Crippen molar-refractivity contribution in [1.82, 2.24) is 4.98 Å². The summed E-state index contributed by atoms with van der Waals surface area (Å²) in [6.07, 6.45) is 0.776. The second-order valence-corrected chi connectivity index (χ2v) is 3.07. The molecule has 0 aliphatic rings. The fourth-order valence-corrected chi connectivity index (χ4v) is 1.19. The Labute approximate surface area is 92.3 Å². The number of benzene rings is 1. The van der Waals surface area contributed by atoms with Gasteiger partial charge in [0, 0.05) is 0 Å². The standard InChI is InChI=1S/C10H4F3NO3/c11-5-2-1-4(7(12)8(5)13)9-14-6(3-17-9)10(15)16/h1-3H,(H,15,16). The van der Waals surface area contributed by atoms with E-state index in [-0.39, 0.29) is 0 Å². The van der Waals surface area contributed by atoms with E-state index in [1.165, 1.54) is 0 Å². The highest BCUT2D eigenvalue weighted by atomic mass is 19.2. The van der Waals surface area contributed by atoms with E-state index in [9.17, 15) is 18.0 Å². The molecular weight excluding hydrogens is 239 g/mol. The average Bonchev–Trinajstić information content (AvgIpc) is 2.75. The number of oxazole rings is 1. The van der Waals surface area contributed by atoms with Crippen molar-refractivity contribution < 1.29 is 27.5 Å². The van der Waals surface area contributed by atoms with Gasteiger partial charge in [-0.25, -0.2) is 22.9 Å². The van der Waals surface area contributed by atoms with Crippen LogP contribution in [0.2, 0.25) is 0 Å². The van der Waals surface area contributed by atoms with Crippen molar-refractivity contribution in [1.29, 1.82) is 0 Å². The third kappa shape index (κ3) is 1.86. The first-order valence-electron chi connectivity index (χ1n) is 4.33. The van der Waals surface area contributed by atoms with Crippen LogP contribution in [-0.4, -0.2) is 16.1 Å². The molecule has 1 aromatic carbocycles. The number of carbonyl (C=O) groups is 1. The second kappa shape index (κ2) is 3.93. The van der Waals surface area contributed by atoms with Crippen LogP contribution in [0, 0.1) is 17.5 Å². The van der Waals surface area contributed by atoms with E-state index in [0.29, 0.717) is 6.07 Å². The predicted octanol–water partition coefficient (Wildman–Crippen LogP) is 2.46. The van der Waals surface area contributed by atoms with Crippen LogP contribution >= 0.6 is 0 Å². The molecule has 7 heteroatoms. The molecule has 0 saturated carbocycles. The molecule has 0 fully saturated rings. The quantitative estimate of drug-likeness (QED) is 0.823. The minimum absolute atomic E-state index is 0.432. The summed E-state index contributed by atoms with van der Waals surface area (Å²) >= 11 is 0. The number of carboxylic acids is 1. The number of rotatable bonds is 2. The number of hydrogen-bond donors (Lipinski definition) is 1. The van der Waals surface area contributed by atoms with Gasteiger partial charge in [0.25, 0.3) is 0 Å². The van der Waals surface area contributed by atoms with E-state index in [4.69, 9.17) is 5.11 Å². The van der Waals surface area contributed by atoms with Crippen LogP contribution in [0.3, 0.4) is 0 Å². The van der Waals surface area contributed by atoms with Crippen LogP contribution in [0.4, 0.5) is 13.2 Å². The molecule has 0 aliphatic carbocycles. The van der Waals surface area contributed by atoms with Crippen LogP contribution < -0.4 is 0 Å². The summed E-state index contributed by atoms with van der Waals surface area (Å²) in [7, 11) is 0. The molecule has 0 atom stereocenters. The van der Waals surface area contributed by atoms with Gasteiger partial charge >= 0.3 is 5.97 Å². The number of aromatic nitrogens is 1. The summed E-state index contributed by atoms with van der Waals surface area (Å²) in [6.45, 7) is 0. The number of carboxylic acid groups (broad SMARTS) is 1. The number of aromatic carboxylic acids is 1. The fourth-order valence-electron chi connectivity index (χ4n) is 1.19. The maximum atomic E-state index is 13.3. The van der Waals surface area contributed by atoms with Crippen LogP contribution in [-0.2, 0) is 0 Å². The Morgan fingerprint density at radius 1 is 1.24 bits per heavy atom. The van der Waals surface area contributed by atoms with Gasteiger partial charge in [0.2, 0.25) is 5.89 Å². The zero-order chi connectivity index (χ0) is 12.6. The van der Waals surface area contributed by atoms with E-state index < -0.39 is 40.6 Å². The van der Waals surface area contributed by atoms with Gasteiger partial charge in [0.15, 0.2) is 23.1 Å². The van der Waals surface area contributed by atoms with Gasteiger partial charge in [0.05, 0.1) is 5.56 Å². The lowest BCUT2D eigenvalue weighted by Crippen LogP contribution is -1.97. The number of halogens is 3. The van der Waals surface area contributed by atoms with Crippen LogP contribution in [0.5, 0.6) is 0 Å². The van der Waals surface area contributed by atoms with Crippen molar-refractivity contribution in [2.24, 2.45) is 0 Å². The van der Waals surface area contributed by atoms with Crippen LogP contribution in [0.25, 0.3) is 11.5 Å². The SMILES string of the molecule is O=C(O)c1coc(-c2ccc(F)c(F)c2F)n1. The predicted molar refractivity (Wildman–Crippen MR) is 48.8 cm³/mol. The molecule has 2 aromatic rings. The number of hydrogen-bond acceptors (Lipinski definition) is 3.